The van der Waals surface area contributed by atoms with Crippen molar-refractivity contribution >= 4 is 17.7 Å². The molecule has 0 atom stereocenters. The second-order valence-corrected chi connectivity index (χ2v) is 4.09. The number of amides is 2. The topological polar surface area (TPSA) is 111 Å². The van der Waals surface area contributed by atoms with Gasteiger partial charge in [-0.05, 0) is 31.6 Å². The fourth-order valence-electron chi connectivity index (χ4n) is 1.58. The van der Waals surface area contributed by atoms with Crippen LogP contribution in [0.5, 0.6) is 5.75 Å². The predicted molar refractivity (Wildman–Crippen MR) is 75.2 cm³/mol. The normalized spacial score (nSPS) is 10.1. The highest BCUT2D eigenvalue weighted by molar-refractivity contribution is 5.97. The molecule has 1 rings (SSSR count). The Morgan fingerprint density at radius 3 is 2.65 bits per heavy atom. The van der Waals surface area contributed by atoms with Crippen molar-refractivity contribution in [1.82, 2.24) is 10.6 Å². The highest BCUT2D eigenvalue weighted by Crippen LogP contribution is 2.27. The number of carboxylic acid groups (broad SMARTS) is 1. The maximum atomic E-state index is 11.6. The minimum Gasteiger partial charge on any atom is -0.505 e. The molecular weight excluding hydrogens is 262 g/mol. The molecule has 7 nitrogen and oxygen atoms in total. The van der Waals surface area contributed by atoms with Crippen LogP contribution < -0.4 is 16.0 Å². The standard InChI is InChI=1S/C13H19N3O4/c1-2-14-7-4-8-15-13(20)16-10-6-3-5-9(11(10)17)12(18)19/h3,5-6,14,17H,2,4,7-8H2,1H3,(H,18,19)(H2,15,16,20). The second kappa shape index (κ2) is 8.00. The van der Waals surface area contributed by atoms with E-state index in [4.69, 9.17) is 5.11 Å². The number of carboxylic acids is 1. The van der Waals surface area contributed by atoms with Gasteiger partial charge in [-0.15, -0.1) is 0 Å². The van der Waals surface area contributed by atoms with Crippen LogP contribution in [-0.2, 0) is 0 Å². The Morgan fingerprint density at radius 1 is 1.25 bits per heavy atom. The number of rotatable bonds is 7. The van der Waals surface area contributed by atoms with Gasteiger partial charge in [0.1, 0.15) is 5.56 Å². The van der Waals surface area contributed by atoms with E-state index in [2.05, 4.69) is 16.0 Å². The number of phenols is 1. The summed E-state index contributed by atoms with van der Waals surface area (Å²) in [5.41, 5.74) is -0.191. The van der Waals surface area contributed by atoms with Gasteiger partial charge in [-0.3, -0.25) is 0 Å². The molecule has 0 saturated carbocycles. The molecule has 2 amide bonds. The molecule has 0 fully saturated rings. The summed E-state index contributed by atoms with van der Waals surface area (Å²) in [6.07, 6.45) is 0.780. The summed E-state index contributed by atoms with van der Waals surface area (Å²) >= 11 is 0. The lowest BCUT2D eigenvalue weighted by atomic mass is 10.2. The third-order valence-electron chi connectivity index (χ3n) is 2.58. The summed E-state index contributed by atoms with van der Waals surface area (Å²) in [5.74, 6) is -1.71. The highest BCUT2D eigenvalue weighted by atomic mass is 16.4. The summed E-state index contributed by atoms with van der Waals surface area (Å²) in [7, 11) is 0. The smallest absolute Gasteiger partial charge is 0.339 e. The van der Waals surface area contributed by atoms with Crippen molar-refractivity contribution in [2.24, 2.45) is 0 Å². The molecule has 0 aliphatic rings. The van der Waals surface area contributed by atoms with Crippen molar-refractivity contribution in [3.63, 3.8) is 0 Å². The van der Waals surface area contributed by atoms with Crippen LogP contribution in [0.4, 0.5) is 10.5 Å². The quantitative estimate of drug-likeness (QED) is 0.381. The van der Waals surface area contributed by atoms with Crippen LogP contribution in [0, 0.1) is 0 Å². The van der Waals surface area contributed by atoms with Crippen molar-refractivity contribution < 1.29 is 19.8 Å². The molecule has 0 aliphatic heterocycles. The van der Waals surface area contributed by atoms with E-state index in [1.807, 2.05) is 6.92 Å². The van der Waals surface area contributed by atoms with Crippen LogP contribution >= 0.6 is 0 Å². The van der Waals surface area contributed by atoms with Crippen molar-refractivity contribution in [1.29, 1.82) is 0 Å². The summed E-state index contributed by atoms with van der Waals surface area (Å²) < 4.78 is 0. The fraction of sp³-hybridized carbons (Fsp3) is 0.385. The molecule has 0 unspecified atom stereocenters. The molecule has 0 radical (unpaired) electrons. The number of urea groups is 1. The van der Waals surface area contributed by atoms with Gasteiger partial charge in [0.05, 0.1) is 5.69 Å². The molecule has 0 aliphatic carbocycles. The molecule has 0 heterocycles. The monoisotopic (exact) mass is 281 g/mol. The number of carbonyl (C=O) groups is 2. The SMILES string of the molecule is CCNCCCNC(=O)Nc1cccc(C(=O)O)c1O. The van der Waals surface area contributed by atoms with Crippen molar-refractivity contribution in [3.8, 4) is 5.75 Å². The zero-order valence-corrected chi connectivity index (χ0v) is 11.3. The van der Waals surface area contributed by atoms with E-state index in [0.717, 1.165) is 19.5 Å². The number of hydrogen-bond donors (Lipinski definition) is 5. The van der Waals surface area contributed by atoms with E-state index in [1.165, 1.54) is 18.2 Å². The highest BCUT2D eigenvalue weighted by Gasteiger charge is 2.14. The molecule has 0 bridgehead atoms. The Balaban J connectivity index is 2.50. The van der Waals surface area contributed by atoms with Crippen molar-refractivity contribution in [3.05, 3.63) is 23.8 Å². The van der Waals surface area contributed by atoms with Crippen molar-refractivity contribution in [2.75, 3.05) is 25.0 Å². The molecule has 0 spiro atoms. The molecule has 1 aromatic carbocycles. The van der Waals surface area contributed by atoms with E-state index >= 15 is 0 Å². The summed E-state index contributed by atoms with van der Waals surface area (Å²) in [4.78, 5) is 22.4. The Hall–Kier alpha value is -2.28. The third kappa shape index (κ3) is 4.77. The lowest BCUT2D eigenvalue weighted by molar-refractivity contribution is 0.0693. The Morgan fingerprint density at radius 2 is 2.00 bits per heavy atom. The molecule has 0 aromatic heterocycles. The van der Waals surface area contributed by atoms with Crippen LogP contribution in [0.15, 0.2) is 18.2 Å². The largest absolute Gasteiger partial charge is 0.505 e. The van der Waals surface area contributed by atoms with Gasteiger partial charge >= 0.3 is 12.0 Å². The maximum Gasteiger partial charge on any atom is 0.339 e. The van der Waals surface area contributed by atoms with Crippen LogP contribution in [0.2, 0.25) is 0 Å². The number of benzene rings is 1. The zero-order chi connectivity index (χ0) is 15.0. The lowest BCUT2D eigenvalue weighted by Crippen LogP contribution is -2.31. The summed E-state index contributed by atoms with van der Waals surface area (Å²) in [6, 6.07) is 3.65. The fourth-order valence-corrected chi connectivity index (χ4v) is 1.58. The van der Waals surface area contributed by atoms with E-state index in [9.17, 15) is 14.7 Å². The van der Waals surface area contributed by atoms with E-state index in [1.54, 1.807) is 0 Å². The molecule has 1 aromatic rings. The number of anilines is 1. The third-order valence-corrected chi connectivity index (χ3v) is 2.58. The van der Waals surface area contributed by atoms with E-state index in [0.29, 0.717) is 6.54 Å². The van der Waals surface area contributed by atoms with Gasteiger partial charge in [0, 0.05) is 6.54 Å². The minimum absolute atomic E-state index is 0.0640. The molecule has 7 heteroatoms. The number of para-hydroxylation sites is 1. The lowest BCUT2D eigenvalue weighted by Gasteiger charge is -2.10. The van der Waals surface area contributed by atoms with Gasteiger partial charge in [0.25, 0.3) is 0 Å². The summed E-state index contributed by atoms with van der Waals surface area (Å²) in [6.45, 7) is 4.16. The zero-order valence-electron chi connectivity index (χ0n) is 11.3. The number of hydrogen-bond acceptors (Lipinski definition) is 4. The Labute approximate surface area is 117 Å². The molecular formula is C13H19N3O4. The molecule has 5 N–H and O–H groups in total. The average molecular weight is 281 g/mol. The van der Waals surface area contributed by atoms with Gasteiger partial charge in [-0.1, -0.05) is 13.0 Å². The van der Waals surface area contributed by atoms with E-state index < -0.39 is 17.7 Å². The first-order valence-electron chi connectivity index (χ1n) is 6.37. The number of aromatic hydroxyl groups is 1. The van der Waals surface area contributed by atoms with Crippen LogP contribution in [0.1, 0.15) is 23.7 Å². The first-order valence-corrected chi connectivity index (χ1v) is 6.37. The number of aromatic carboxylic acids is 1. The van der Waals surface area contributed by atoms with Crippen LogP contribution in [-0.4, -0.2) is 41.8 Å². The average Bonchev–Trinajstić information content (AvgIpc) is 2.40. The molecule has 20 heavy (non-hydrogen) atoms. The van der Waals surface area contributed by atoms with Gasteiger partial charge < -0.3 is 26.2 Å². The molecule has 0 saturated heterocycles. The second-order valence-electron chi connectivity index (χ2n) is 4.09. The first kappa shape index (κ1) is 15.8. The van der Waals surface area contributed by atoms with E-state index in [-0.39, 0.29) is 11.3 Å². The van der Waals surface area contributed by atoms with Crippen LogP contribution in [0.3, 0.4) is 0 Å². The van der Waals surface area contributed by atoms with Crippen LogP contribution in [0.25, 0.3) is 0 Å². The van der Waals surface area contributed by atoms with Crippen molar-refractivity contribution in [2.45, 2.75) is 13.3 Å². The van der Waals surface area contributed by atoms with Gasteiger partial charge in [0.2, 0.25) is 0 Å². The van der Waals surface area contributed by atoms with Gasteiger partial charge in [0.15, 0.2) is 5.75 Å². The number of nitrogens with one attached hydrogen (secondary N) is 3. The van der Waals surface area contributed by atoms with Gasteiger partial charge in [-0.2, -0.15) is 0 Å². The number of carbonyl (C=O) groups excluding carboxylic acids is 1. The minimum atomic E-state index is -1.25. The van der Waals surface area contributed by atoms with Gasteiger partial charge in [-0.25, -0.2) is 9.59 Å². The molecule has 110 valence electrons. The Bertz CT molecular complexity index is 477. The predicted octanol–water partition coefficient (Wildman–Crippen LogP) is 1.21. The first-order chi connectivity index (χ1) is 9.56. The Kier molecular flexibility index (Phi) is 6.31. The summed E-state index contributed by atoms with van der Waals surface area (Å²) in [5, 5.41) is 26.7. The maximum absolute atomic E-state index is 11.6.